The highest BCUT2D eigenvalue weighted by Crippen LogP contribution is 2.35. The monoisotopic (exact) mass is 206 g/mol. The summed E-state index contributed by atoms with van der Waals surface area (Å²) in [5, 5.41) is 0. The van der Waals surface area contributed by atoms with E-state index >= 15 is 0 Å². The van der Waals surface area contributed by atoms with Gasteiger partial charge in [-0.2, -0.15) is 4.08 Å². The van der Waals surface area contributed by atoms with Gasteiger partial charge in [-0.15, -0.1) is 0 Å². The van der Waals surface area contributed by atoms with E-state index in [1.165, 1.54) is 0 Å². The molecule has 0 saturated carbocycles. The molecule has 3 nitrogen and oxygen atoms in total. The van der Waals surface area contributed by atoms with Gasteiger partial charge in [-0.25, -0.2) is 0 Å². The molecule has 0 aliphatic rings. The predicted molar refractivity (Wildman–Crippen MR) is 47.3 cm³/mol. The fourth-order valence-corrected chi connectivity index (χ4v) is 1.14. The SMILES string of the molecule is OP(OCl)OCc1ccccc1. The first kappa shape index (κ1) is 9.90. The summed E-state index contributed by atoms with van der Waals surface area (Å²) >= 11 is 4.87. The highest BCUT2D eigenvalue weighted by Gasteiger charge is 2.04. The molecule has 0 heterocycles. The zero-order valence-electron chi connectivity index (χ0n) is 6.18. The van der Waals surface area contributed by atoms with E-state index in [0.717, 1.165) is 5.56 Å². The van der Waals surface area contributed by atoms with Crippen molar-refractivity contribution < 1.29 is 13.5 Å². The van der Waals surface area contributed by atoms with Crippen LogP contribution in [0.25, 0.3) is 0 Å². The molecule has 1 atom stereocenters. The third-order valence-corrected chi connectivity index (χ3v) is 2.07. The summed E-state index contributed by atoms with van der Waals surface area (Å²) < 4.78 is 8.89. The van der Waals surface area contributed by atoms with E-state index in [-0.39, 0.29) is 0 Å². The van der Waals surface area contributed by atoms with Crippen molar-refractivity contribution in [2.75, 3.05) is 0 Å². The molecule has 0 amide bonds. The van der Waals surface area contributed by atoms with E-state index < -0.39 is 8.60 Å². The smallest absolute Gasteiger partial charge is 0.327 e. The van der Waals surface area contributed by atoms with E-state index in [1.807, 2.05) is 30.3 Å². The van der Waals surface area contributed by atoms with Gasteiger partial charge in [-0.05, 0) is 5.56 Å². The molecule has 0 radical (unpaired) electrons. The fraction of sp³-hybridized carbons (Fsp3) is 0.143. The van der Waals surface area contributed by atoms with Crippen LogP contribution in [0.3, 0.4) is 0 Å². The number of rotatable bonds is 4. The van der Waals surface area contributed by atoms with Crippen molar-refractivity contribution in [1.29, 1.82) is 0 Å². The maximum absolute atomic E-state index is 8.81. The molecule has 0 aliphatic carbocycles. The van der Waals surface area contributed by atoms with Crippen LogP contribution in [0.2, 0.25) is 0 Å². The van der Waals surface area contributed by atoms with Crippen LogP contribution in [-0.4, -0.2) is 4.89 Å². The van der Waals surface area contributed by atoms with E-state index in [2.05, 4.69) is 4.08 Å². The van der Waals surface area contributed by atoms with E-state index in [4.69, 9.17) is 21.3 Å². The lowest BCUT2D eigenvalue weighted by Gasteiger charge is -2.04. The minimum absolute atomic E-state index is 0.301. The molecule has 1 N–H and O–H groups in total. The zero-order chi connectivity index (χ0) is 8.81. The molecule has 1 aromatic rings. The van der Waals surface area contributed by atoms with Crippen molar-refractivity contribution in [3.8, 4) is 0 Å². The average Bonchev–Trinajstić information content (AvgIpc) is 2.16. The van der Waals surface area contributed by atoms with Crippen molar-refractivity contribution in [3.63, 3.8) is 0 Å². The molecule has 66 valence electrons. The number of hydrogen-bond donors (Lipinski definition) is 1. The number of hydrogen-bond acceptors (Lipinski definition) is 3. The average molecular weight is 207 g/mol. The number of benzene rings is 1. The Bertz CT molecular complexity index is 219. The summed E-state index contributed by atoms with van der Waals surface area (Å²) in [4.78, 5) is 8.81. The molecule has 0 spiro atoms. The topological polar surface area (TPSA) is 38.7 Å². The Hall–Kier alpha value is -0.180. The van der Waals surface area contributed by atoms with Crippen LogP contribution in [0, 0.1) is 0 Å². The lowest BCUT2D eigenvalue weighted by atomic mass is 10.2. The predicted octanol–water partition coefficient (Wildman–Crippen LogP) is 2.59. The van der Waals surface area contributed by atoms with Crippen LogP contribution in [0.15, 0.2) is 30.3 Å². The van der Waals surface area contributed by atoms with Crippen LogP contribution in [-0.2, 0) is 15.2 Å². The van der Waals surface area contributed by atoms with Crippen LogP contribution >= 0.6 is 20.5 Å². The van der Waals surface area contributed by atoms with Gasteiger partial charge >= 0.3 is 8.60 Å². The first-order valence-corrected chi connectivity index (χ1v) is 4.71. The lowest BCUT2D eigenvalue weighted by Crippen LogP contribution is -1.86. The lowest BCUT2D eigenvalue weighted by molar-refractivity contribution is 0.256. The fourth-order valence-electron chi connectivity index (χ4n) is 0.724. The second kappa shape index (κ2) is 5.46. The Morgan fingerprint density at radius 1 is 1.33 bits per heavy atom. The number of halogens is 1. The summed E-state index contributed by atoms with van der Waals surface area (Å²) in [6.07, 6.45) is 0. The zero-order valence-corrected chi connectivity index (χ0v) is 7.83. The molecule has 1 rings (SSSR count). The van der Waals surface area contributed by atoms with Crippen molar-refractivity contribution in [1.82, 2.24) is 0 Å². The molecule has 0 fully saturated rings. The van der Waals surface area contributed by atoms with E-state index in [9.17, 15) is 0 Å². The van der Waals surface area contributed by atoms with Gasteiger partial charge in [-0.1, -0.05) is 30.3 Å². The van der Waals surface area contributed by atoms with Crippen LogP contribution < -0.4 is 0 Å². The Morgan fingerprint density at radius 2 is 2.00 bits per heavy atom. The van der Waals surface area contributed by atoms with Crippen molar-refractivity contribution in [2.24, 2.45) is 0 Å². The van der Waals surface area contributed by atoms with Crippen molar-refractivity contribution >= 4 is 20.5 Å². The molecule has 0 aliphatic heterocycles. The molecule has 12 heavy (non-hydrogen) atoms. The minimum Gasteiger partial charge on any atom is -0.327 e. The Balaban J connectivity index is 2.33. The molecular formula is C7H8ClO3P. The molecule has 1 aromatic carbocycles. The largest absolute Gasteiger partial charge is 0.348 e. The summed E-state index contributed by atoms with van der Waals surface area (Å²) in [5.74, 6) is 0. The van der Waals surface area contributed by atoms with Gasteiger partial charge in [-0.3, -0.25) is 0 Å². The van der Waals surface area contributed by atoms with Gasteiger partial charge in [0.15, 0.2) is 0 Å². The quantitative estimate of drug-likeness (QED) is 0.770. The van der Waals surface area contributed by atoms with Gasteiger partial charge in [0.25, 0.3) is 0 Å². The van der Waals surface area contributed by atoms with Gasteiger partial charge < -0.3 is 9.42 Å². The van der Waals surface area contributed by atoms with Crippen LogP contribution in [0.5, 0.6) is 0 Å². The van der Waals surface area contributed by atoms with Crippen LogP contribution in [0.4, 0.5) is 0 Å². The third-order valence-electron chi connectivity index (χ3n) is 1.24. The highest BCUT2D eigenvalue weighted by molar-refractivity contribution is 7.41. The van der Waals surface area contributed by atoms with Crippen molar-refractivity contribution in [3.05, 3.63) is 35.9 Å². The normalized spacial score (nSPS) is 12.8. The third kappa shape index (κ3) is 3.48. The maximum atomic E-state index is 8.81. The molecule has 0 aromatic heterocycles. The van der Waals surface area contributed by atoms with Crippen LogP contribution in [0.1, 0.15) is 5.56 Å². The summed E-state index contributed by atoms with van der Waals surface area (Å²) in [5.41, 5.74) is 0.966. The molecule has 0 bridgehead atoms. The first-order valence-electron chi connectivity index (χ1n) is 3.27. The van der Waals surface area contributed by atoms with E-state index in [0.29, 0.717) is 6.61 Å². The van der Waals surface area contributed by atoms with Gasteiger partial charge in [0.1, 0.15) is 0 Å². The summed E-state index contributed by atoms with van der Waals surface area (Å²) in [6.45, 7) is 0.301. The standard InChI is InChI=1S/C7H8ClO3P/c8-11-12(9)10-6-7-4-2-1-3-5-7/h1-5,9H,6H2. The summed E-state index contributed by atoms with van der Waals surface area (Å²) in [7, 11) is -1.94. The van der Waals surface area contributed by atoms with E-state index in [1.54, 1.807) is 0 Å². The summed E-state index contributed by atoms with van der Waals surface area (Å²) in [6, 6.07) is 9.46. The second-order valence-electron chi connectivity index (χ2n) is 2.07. The van der Waals surface area contributed by atoms with Gasteiger partial charge in [0.2, 0.25) is 0 Å². The first-order chi connectivity index (χ1) is 5.83. The Morgan fingerprint density at radius 3 is 2.58 bits per heavy atom. The van der Waals surface area contributed by atoms with Gasteiger partial charge in [0.05, 0.1) is 18.5 Å². The molecule has 0 saturated heterocycles. The Labute approximate surface area is 77.1 Å². The maximum Gasteiger partial charge on any atom is 0.348 e. The van der Waals surface area contributed by atoms with Crippen molar-refractivity contribution in [2.45, 2.75) is 6.61 Å². The minimum atomic E-state index is -1.94. The molecular weight excluding hydrogens is 199 g/mol. The highest BCUT2D eigenvalue weighted by atomic mass is 35.5. The Kier molecular flexibility index (Phi) is 4.51. The second-order valence-corrected chi connectivity index (χ2v) is 3.35. The van der Waals surface area contributed by atoms with Gasteiger partial charge in [0, 0.05) is 0 Å². The molecule has 5 heteroatoms. The molecule has 1 unspecified atom stereocenters.